The van der Waals surface area contributed by atoms with Gasteiger partial charge in [-0.15, -0.1) is 0 Å². The molecular formula is C18H30O3. The van der Waals surface area contributed by atoms with E-state index in [4.69, 9.17) is 4.74 Å². The first-order chi connectivity index (χ1) is 9.54. The van der Waals surface area contributed by atoms with E-state index in [9.17, 15) is 9.90 Å². The monoisotopic (exact) mass is 294 g/mol. The van der Waals surface area contributed by atoms with Crippen molar-refractivity contribution in [1.29, 1.82) is 0 Å². The van der Waals surface area contributed by atoms with E-state index in [-0.39, 0.29) is 17.3 Å². The SMILES string of the molecule is CCC(C)(C)C(=O)OC12CC3CC(C)(CC(O)(C3)C1C)C2. The molecule has 3 nitrogen and oxygen atoms in total. The summed E-state index contributed by atoms with van der Waals surface area (Å²) in [6, 6.07) is 0. The molecule has 4 aliphatic carbocycles. The molecular weight excluding hydrogens is 264 g/mol. The maximum atomic E-state index is 12.6. The van der Waals surface area contributed by atoms with Gasteiger partial charge in [-0.2, -0.15) is 0 Å². The molecule has 0 spiro atoms. The quantitative estimate of drug-likeness (QED) is 0.808. The van der Waals surface area contributed by atoms with Crippen molar-refractivity contribution in [3.05, 3.63) is 0 Å². The normalized spacial score (nSPS) is 48.5. The van der Waals surface area contributed by atoms with Gasteiger partial charge in [-0.1, -0.05) is 20.8 Å². The molecule has 4 fully saturated rings. The van der Waals surface area contributed by atoms with Gasteiger partial charge in [0.25, 0.3) is 0 Å². The van der Waals surface area contributed by atoms with Crippen molar-refractivity contribution in [3.8, 4) is 0 Å². The van der Waals surface area contributed by atoms with Crippen molar-refractivity contribution < 1.29 is 14.6 Å². The summed E-state index contributed by atoms with van der Waals surface area (Å²) in [5.74, 6) is 0.466. The molecule has 0 radical (unpaired) electrons. The highest BCUT2D eigenvalue weighted by Gasteiger charge is 2.67. The lowest BCUT2D eigenvalue weighted by atomic mass is 9.43. The summed E-state index contributed by atoms with van der Waals surface area (Å²) in [6.45, 7) is 10.3. The zero-order valence-electron chi connectivity index (χ0n) is 14.2. The summed E-state index contributed by atoms with van der Waals surface area (Å²) in [5.41, 5.74) is -1.37. The van der Waals surface area contributed by atoms with E-state index >= 15 is 0 Å². The molecule has 4 rings (SSSR count). The molecule has 4 bridgehead atoms. The minimum Gasteiger partial charge on any atom is -0.458 e. The van der Waals surface area contributed by atoms with Gasteiger partial charge in [0.15, 0.2) is 0 Å². The van der Waals surface area contributed by atoms with Gasteiger partial charge < -0.3 is 9.84 Å². The van der Waals surface area contributed by atoms with E-state index in [1.807, 2.05) is 20.8 Å². The van der Waals surface area contributed by atoms with Crippen LogP contribution in [0.5, 0.6) is 0 Å². The Morgan fingerprint density at radius 2 is 1.95 bits per heavy atom. The lowest BCUT2D eigenvalue weighted by Gasteiger charge is -2.66. The lowest BCUT2D eigenvalue weighted by Crippen LogP contribution is -2.69. The number of ether oxygens (including phenoxy) is 1. The summed E-state index contributed by atoms with van der Waals surface area (Å²) in [5, 5.41) is 11.1. The zero-order chi connectivity index (χ0) is 15.7. The Morgan fingerprint density at radius 3 is 2.52 bits per heavy atom. The molecule has 5 unspecified atom stereocenters. The first-order valence-electron chi connectivity index (χ1n) is 8.50. The summed E-state index contributed by atoms with van der Waals surface area (Å²) in [4.78, 5) is 12.6. The van der Waals surface area contributed by atoms with Crippen LogP contribution in [-0.2, 0) is 9.53 Å². The van der Waals surface area contributed by atoms with Gasteiger partial charge in [-0.3, -0.25) is 4.79 Å². The minimum atomic E-state index is -0.634. The summed E-state index contributed by atoms with van der Waals surface area (Å²) < 4.78 is 6.15. The van der Waals surface area contributed by atoms with Gasteiger partial charge >= 0.3 is 5.97 Å². The van der Waals surface area contributed by atoms with Crippen LogP contribution in [0, 0.1) is 22.7 Å². The molecule has 0 heterocycles. The van der Waals surface area contributed by atoms with E-state index in [2.05, 4.69) is 13.8 Å². The second-order valence-electron chi connectivity index (χ2n) is 9.16. The van der Waals surface area contributed by atoms with E-state index in [1.165, 1.54) is 6.42 Å². The van der Waals surface area contributed by atoms with Crippen LogP contribution >= 0.6 is 0 Å². The fourth-order valence-corrected chi connectivity index (χ4v) is 5.50. The zero-order valence-corrected chi connectivity index (χ0v) is 14.2. The van der Waals surface area contributed by atoms with Gasteiger partial charge in [0, 0.05) is 5.92 Å². The van der Waals surface area contributed by atoms with Crippen LogP contribution in [0.25, 0.3) is 0 Å². The molecule has 120 valence electrons. The average molecular weight is 294 g/mol. The highest BCUT2D eigenvalue weighted by Crippen LogP contribution is 2.66. The number of carbonyl (C=O) groups is 1. The third-order valence-corrected chi connectivity index (χ3v) is 6.84. The van der Waals surface area contributed by atoms with Crippen LogP contribution in [0.2, 0.25) is 0 Å². The number of esters is 1. The third kappa shape index (κ3) is 2.15. The number of hydrogen-bond donors (Lipinski definition) is 1. The average Bonchev–Trinajstić information content (AvgIpc) is 2.33. The van der Waals surface area contributed by atoms with Crippen molar-refractivity contribution in [1.82, 2.24) is 0 Å². The molecule has 3 heteroatoms. The van der Waals surface area contributed by atoms with E-state index in [0.29, 0.717) is 5.92 Å². The predicted octanol–water partition coefficient (Wildman–Crippen LogP) is 3.69. The molecule has 0 aromatic rings. The summed E-state index contributed by atoms with van der Waals surface area (Å²) in [6.07, 6.45) is 5.58. The van der Waals surface area contributed by atoms with E-state index in [0.717, 1.165) is 32.1 Å². The van der Waals surface area contributed by atoms with Crippen molar-refractivity contribution in [3.63, 3.8) is 0 Å². The molecule has 5 atom stereocenters. The van der Waals surface area contributed by atoms with Crippen LogP contribution in [-0.4, -0.2) is 22.3 Å². The van der Waals surface area contributed by atoms with Crippen molar-refractivity contribution in [2.75, 3.05) is 0 Å². The highest BCUT2D eigenvalue weighted by molar-refractivity contribution is 5.76. The van der Waals surface area contributed by atoms with Gasteiger partial charge in [-0.05, 0) is 63.7 Å². The Labute approximate surface area is 128 Å². The number of rotatable bonds is 3. The third-order valence-electron chi connectivity index (χ3n) is 6.84. The lowest BCUT2D eigenvalue weighted by molar-refractivity contribution is -0.274. The first-order valence-corrected chi connectivity index (χ1v) is 8.50. The van der Waals surface area contributed by atoms with Crippen LogP contribution in [0.15, 0.2) is 0 Å². The highest BCUT2D eigenvalue weighted by atomic mass is 16.6. The summed E-state index contributed by atoms with van der Waals surface area (Å²) >= 11 is 0. The molecule has 0 amide bonds. The van der Waals surface area contributed by atoms with Crippen molar-refractivity contribution in [2.45, 2.75) is 84.3 Å². The van der Waals surface area contributed by atoms with Gasteiger partial charge in [-0.25, -0.2) is 0 Å². The molecule has 0 saturated heterocycles. The van der Waals surface area contributed by atoms with Crippen molar-refractivity contribution >= 4 is 5.97 Å². The maximum Gasteiger partial charge on any atom is 0.312 e. The standard InChI is InChI=1S/C18H30O3/c1-6-15(3,4)14(19)21-18-9-13-7-16(5,11-18)10-17(20,8-13)12(18)2/h12-13,20H,6-11H2,1-5H3. The van der Waals surface area contributed by atoms with Crippen LogP contribution in [0.4, 0.5) is 0 Å². The van der Waals surface area contributed by atoms with E-state index in [1.54, 1.807) is 0 Å². The molecule has 21 heavy (non-hydrogen) atoms. The largest absolute Gasteiger partial charge is 0.458 e. The Hall–Kier alpha value is -0.570. The van der Waals surface area contributed by atoms with Crippen molar-refractivity contribution in [2.24, 2.45) is 22.7 Å². The molecule has 0 aromatic heterocycles. The molecule has 0 aliphatic heterocycles. The summed E-state index contributed by atoms with van der Waals surface area (Å²) in [7, 11) is 0. The van der Waals surface area contributed by atoms with Gasteiger partial charge in [0.1, 0.15) is 5.60 Å². The number of aliphatic hydroxyl groups is 1. The number of carbonyl (C=O) groups excluding carboxylic acids is 1. The molecule has 0 aromatic carbocycles. The predicted molar refractivity (Wildman–Crippen MR) is 81.7 cm³/mol. The van der Waals surface area contributed by atoms with Gasteiger partial charge in [0.05, 0.1) is 11.0 Å². The second kappa shape index (κ2) is 4.24. The Morgan fingerprint density at radius 1 is 1.29 bits per heavy atom. The second-order valence-corrected chi connectivity index (χ2v) is 9.16. The first kappa shape index (κ1) is 15.3. The molecule has 4 saturated carbocycles. The molecule has 4 aliphatic rings. The van der Waals surface area contributed by atoms with Crippen LogP contribution in [0.3, 0.4) is 0 Å². The fourth-order valence-electron chi connectivity index (χ4n) is 5.50. The minimum absolute atomic E-state index is 0.0474. The number of hydrogen-bond acceptors (Lipinski definition) is 3. The Balaban J connectivity index is 1.91. The maximum absolute atomic E-state index is 12.6. The smallest absolute Gasteiger partial charge is 0.312 e. The Kier molecular flexibility index (Phi) is 3.10. The Bertz CT molecular complexity index is 471. The topological polar surface area (TPSA) is 46.5 Å². The van der Waals surface area contributed by atoms with Crippen LogP contribution < -0.4 is 0 Å². The molecule has 1 N–H and O–H groups in total. The van der Waals surface area contributed by atoms with Gasteiger partial charge in [0.2, 0.25) is 0 Å². The fraction of sp³-hybridized carbons (Fsp3) is 0.944. The van der Waals surface area contributed by atoms with Crippen LogP contribution in [0.1, 0.15) is 73.1 Å². The van der Waals surface area contributed by atoms with E-state index < -0.39 is 16.6 Å².